The third-order valence-corrected chi connectivity index (χ3v) is 3.26. The number of hydrogen-bond acceptors (Lipinski definition) is 5. The average molecular weight is 292 g/mol. The molecule has 20 heavy (non-hydrogen) atoms. The van der Waals surface area contributed by atoms with Crippen molar-refractivity contribution in [1.29, 1.82) is 0 Å². The van der Waals surface area contributed by atoms with Gasteiger partial charge in [-0.05, 0) is 11.4 Å². The number of thiophene rings is 1. The maximum absolute atomic E-state index is 11.6. The first-order chi connectivity index (χ1) is 9.81. The molecule has 2 amide bonds. The third-order valence-electron chi connectivity index (χ3n) is 2.58. The van der Waals surface area contributed by atoms with Gasteiger partial charge in [0.15, 0.2) is 0 Å². The van der Waals surface area contributed by atoms with Crippen LogP contribution in [0.2, 0.25) is 0 Å². The van der Waals surface area contributed by atoms with Gasteiger partial charge in [-0.25, -0.2) is 4.79 Å². The second kappa shape index (κ2) is 7.56. The van der Waals surface area contributed by atoms with Gasteiger partial charge < -0.3 is 15.4 Å². The van der Waals surface area contributed by atoms with Crippen LogP contribution in [0.5, 0.6) is 0 Å². The molecule has 2 heterocycles. The highest BCUT2D eigenvalue weighted by atomic mass is 32.1. The van der Waals surface area contributed by atoms with Gasteiger partial charge in [0.25, 0.3) is 0 Å². The zero-order chi connectivity index (χ0) is 14.2. The molecule has 0 aliphatic carbocycles. The average Bonchev–Trinajstić information content (AvgIpc) is 3.00. The van der Waals surface area contributed by atoms with Gasteiger partial charge in [0.1, 0.15) is 0 Å². The summed E-state index contributed by atoms with van der Waals surface area (Å²) >= 11 is 1.60. The molecular formula is C13H16N4O2S. The largest absolute Gasteiger partial charge is 0.383 e. The van der Waals surface area contributed by atoms with Gasteiger partial charge in [-0.1, -0.05) is 0 Å². The van der Waals surface area contributed by atoms with Gasteiger partial charge in [0.05, 0.1) is 24.5 Å². The van der Waals surface area contributed by atoms with Crippen molar-refractivity contribution in [2.24, 2.45) is 0 Å². The molecule has 2 rings (SSSR count). The van der Waals surface area contributed by atoms with E-state index in [4.69, 9.17) is 4.74 Å². The monoisotopic (exact) mass is 292 g/mol. The number of ether oxygens (including phenoxy) is 1. The summed E-state index contributed by atoms with van der Waals surface area (Å²) in [7, 11) is 1.59. The molecular weight excluding hydrogens is 276 g/mol. The number of aromatic nitrogens is 2. The van der Waals surface area contributed by atoms with Crippen molar-refractivity contribution in [3.63, 3.8) is 0 Å². The molecule has 2 aromatic heterocycles. The zero-order valence-electron chi connectivity index (χ0n) is 11.1. The third kappa shape index (κ3) is 4.01. The number of carbonyl (C=O) groups excluding carboxylic acids is 1. The van der Waals surface area contributed by atoms with Gasteiger partial charge >= 0.3 is 6.03 Å². The van der Waals surface area contributed by atoms with Crippen molar-refractivity contribution in [3.8, 4) is 11.3 Å². The first-order valence-corrected chi connectivity index (χ1v) is 7.08. The SMILES string of the molecule is COCCNC(=O)NCc1nccnc1-c1ccsc1. The van der Waals surface area contributed by atoms with Crippen LogP contribution in [0.4, 0.5) is 4.79 Å². The van der Waals surface area contributed by atoms with Crippen molar-refractivity contribution >= 4 is 17.4 Å². The number of amides is 2. The van der Waals surface area contributed by atoms with E-state index in [2.05, 4.69) is 20.6 Å². The first kappa shape index (κ1) is 14.4. The molecule has 0 fully saturated rings. The van der Waals surface area contributed by atoms with Crippen molar-refractivity contribution in [1.82, 2.24) is 20.6 Å². The Hall–Kier alpha value is -1.99. The maximum atomic E-state index is 11.6. The van der Waals surface area contributed by atoms with Gasteiger partial charge in [0.2, 0.25) is 0 Å². The predicted octanol–water partition coefficient (Wildman–Crippen LogP) is 1.65. The minimum Gasteiger partial charge on any atom is -0.383 e. The summed E-state index contributed by atoms with van der Waals surface area (Å²) in [6, 6.07) is 1.74. The lowest BCUT2D eigenvalue weighted by Crippen LogP contribution is -2.37. The summed E-state index contributed by atoms with van der Waals surface area (Å²) in [6.45, 7) is 1.29. The van der Waals surface area contributed by atoms with E-state index in [-0.39, 0.29) is 6.03 Å². The highest BCUT2D eigenvalue weighted by Crippen LogP contribution is 2.21. The highest BCUT2D eigenvalue weighted by molar-refractivity contribution is 7.08. The van der Waals surface area contributed by atoms with Gasteiger partial charge in [-0.3, -0.25) is 9.97 Å². The molecule has 0 aromatic carbocycles. The van der Waals surface area contributed by atoms with Crippen molar-refractivity contribution in [3.05, 3.63) is 34.9 Å². The van der Waals surface area contributed by atoms with Crippen LogP contribution in [0, 0.1) is 0 Å². The fraction of sp³-hybridized carbons (Fsp3) is 0.308. The standard InChI is InChI=1S/C13H16N4O2S/c1-19-6-5-16-13(18)17-8-11-12(15-4-3-14-11)10-2-7-20-9-10/h2-4,7,9H,5-6,8H2,1H3,(H2,16,17,18). The first-order valence-electron chi connectivity index (χ1n) is 6.14. The Labute approximate surface area is 121 Å². The molecule has 7 heteroatoms. The Morgan fingerprint density at radius 1 is 1.35 bits per heavy atom. The molecule has 2 N–H and O–H groups in total. The summed E-state index contributed by atoms with van der Waals surface area (Å²) < 4.78 is 4.86. The number of urea groups is 1. The number of carbonyl (C=O) groups is 1. The fourth-order valence-electron chi connectivity index (χ4n) is 1.63. The van der Waals surface area contributed by atoms with E-state index in [0.717, 1.165) is 17.0 Å². The van der Waals surface area contributed by atoms with Crippen molar-refractivity contribution < 1.29 is 9.53 Å². The quantitative estimate of drug-likeness (QED) is 0.794. The molecule has 106 valence electrons. The topological polar surface area (TPSA) is 76.1 Å². The fourth-order valence-corrected chi connectivity index (χ4v) is 2.27. The molecule has 0 saturated carbocycles. The molecule has 0 bridgehead atoms. The molecule has 0 saturated heterocycles. The van der Waals surface area contributed by atoms with Crippen LogP contribution >= 0.6 is 11.3 Å². The molecule has 6 nitrogen and oxygen atoms in total. The second-order valence-electron chi connectivity index (χ2n) is 3.97. The molecule has 0 atom stereocenters. The second-order valence-corrected chi connectivity index (χ2v) is 4.75. The smallest absolute Gasteiger partial charge is 0.315 e. The van der Waals surface area contributed by atoms with E-state index in [1.165, 1.54) is 0 Å². The summed E-state index contributed by atoms with van der Waals surface area (Å²) in [4.78, 5) is 20.2. The lowest BCUT2D eigenvalue weighted by molar-refractivity contribution is 0.196. The molecule has 0 radical (unpaired) electrons. The predicted molar refractivity (Wildman–Crippen MR) is 77.5 cm³/mol. The molecule has 0 unspecified atom stereocenters. The van der Waals surface area contributed by atoms with Crippen molar-refractivity contribution in [2.45, 2.75) is 6.54 Å². The van der Waals surface area contributed by atoms with Crippen LogP contribution in [-0.4, -0.2) is 36.3 Å². The highest BCUT2D eigenvalue weighted by Gasteiger charge is 2.09. The zero-order valence-corrected chi connectivity index (χ0v) is 11.9. The lowest BCUT2D eigenvalue weighted by atomic mass is 10.2. The number of hydrogen-bond donors (Lipinski definition) is 2. The molecule has 2 aromatic rings. The van der Waals surface area contributed by atoms with Gasteiger partial charge in [-0.15, -0.1) is 0 Å². The van der Waals surface area contributed by atoms with E-state index in [1.807, 2.05) is 16.8 Å². The Morgan fingerprint density at radius 2 is 2.20 bits per heavy atom. The number of methoxy groups -OCH3 is 1. The summed E-state index contributed by atoms with van der Waals surface area (Å²) in [5, 5.41) is 9.43. The Balaban J connectivity index is 1.95. The lowest BCUT2D eigenvalue weighted by Gasteiger charge is -2.09. The minimum absolute atomic E-state index is 0.246. The number of rotatable bonds is 6. The molecule has 0 spiro atoms. The van der Waals surface area contributed by atoms with E-state index < -0.39 is 0 Å². The Morgan fingerprint density at radius 3 is 2.95 bits per heavy atom. The molecule has 0 aliphatic rings. The van der Waals surface area contributed by atoms with Crippen LogP contribution < -0.4 is 10.6 Å². The minimum atomic E-state index is -0.246. The summed E-state index contributed by atoms with van der Waals surface area (Å²) in [5.41, 5.74) is 2.55. The van der Waals surface area contributed by atoms with Gasteiger partial charge in [0, 0.05) is 37.0 Å². The molecule has 0 aliphatic heterocycles. The van der Waals surface area contributed by atoms with Crippen LogP contribution in [0.25, 0.3) is 11.3 Å². The van der Waals surface area contributed by atoms with Crippen LogP contribution in [-0.2, 0) is 11.3 Å². The summed E-state index contributed by atoms with van der Waals surface area (Å²) in [6.07, 6.45) is 3.27. The Bertz CT molecular complexity index is 545. The number of nitrogens with zero attached hydrogens (tertiary/aromatic N) is 2. The van der Waals surface area contributed by atoms with E-state index >= 15 is 0 Å². The van der Waals surface area contributed by atoms with Crippen LogP contribution in [0.1, 0.15) is 5.69 Å². The summed E-state index contributed by atoms with van der Waals surface area (Å²) in [5.74, 6) is 0. The maximum Gasteiger partial charge on any atom is 0.315 e. The van der Waals surface area contributed by atoms with Crippen LogP contribution in [0.15, 0.2) is 29.2 Å². The van der Waals surface area contributed by atoms with Crippen molar-refractivity contribution in [2.75, 3.05) is 20.3 Å². The van der Waals surface area contributed by atoms with Crippen LogP contribution in [0.3, 0.4) is 0 Å². The van der Waals surface area contributed by atoms with E-state index in [0.29, 0.717) is 19.7 Å². The number of nitrogens with one attached hydrogen (secondary N) is 2. The van der Waals surface area contributed by atoms with E-state index in [9.17, 15) is 4.79 Å². The Kier molecular flexibility index (Phi) is 5.45. The normalized spacial score (nSPS) is 10.2. The van der Waals surface area contributed by atoms with E-state index in [1.54, 1.807) is 30.8 Å². The van der Waals surface area contributed by atoms with Gasteiger partial charge in [-0.2, -0.15) is 11.3 Å².